The predicted octanol–water partition coefficient (Wildman–Crippen LogP) is 2.06. The average Bonchev–Trinajstić information content (AvgIpc) is 2.74. The first-order valence-corrected chi connectivity index (χ1v) is 6.05. The lowest BCUT2D eigenvalue weighted by molar-refractivity contribution is 0.999. The molecule has 2 aromatic heterocycles. The zero-order valence-electron chi connectivity index (χ0n) is 10.8. The van der Waals surface area contributed by atoms with Crippen molar-refractivity contribution in [3.8, 4) is 5.69 Å². The highest BCUT2D eigenvalue weighted by atomic mass is 16.1. The van der Waals surface area contributed by atoms with E-state index in [4.69, 9.17) is 0 Å². The van der Waals surface area contributed by atoms with Crippen LogP contribution in [0, 0.1) is 6.92 Å². The van der Waals surface area contributed by atoms with Gasteiger partial charge in [-0.3, -0.25) is 4.57 Å². The van der Waals surface area contributed by atoms with Crippen molar-refractivity contribution in [3.05, 3.63) is 52.6 Å². The fourth-order valence-corrected chi connectivity index (χ4v) is 2.26. The van der Waals surface area contributed by atoms with Crippen molar-refractivity contribution in [2.45, 2.75) is 6.92 Å². The molecule has 0 unspecified atom stereocenters. The molecule has 3 rings (SSSR count). The van der Waals surface area contributed by atoms with E-state index in [1.165, 1.54) is 0 Å². The van der Waals surface area contributed by atoms with Gasteiger partial charge < -0.3 is 10.3 Å². The van der Waals surface area contributed by atoms with Crippen LogP contribution in [0.2, 0.25) is 0 Å². The highest BCUT2D eigenvalue weighted by molar-refractivity contribution is 5.77. The van der Waals surface area contributed by atoms with Crippen molar-refractivity contribution in [2.24, 2.45) is 0 Å². The van der Waals surface area contributed by atoms with Crippen LogP contribution in [0.15, 0.2) is 41.3 Å². The molecular formula is C14H14N4O. The van der Waals surface area contributed by atoms with Gasteiger partial charge in [-0.15, -0.1) is 0 Å². The number of fused-ring (bicyclic) bond motifs is 1. The second-order valence-corrected chi connectivity index (χ2v) is 4.39. The van der Waals surface area contributed by atoms with Gasteiger partial charge in [0.15, 0.2) is 0 Å². The van der Waals surface area contributed by atoms with Gasteiger partial charge in [0.25, 0.3) is 0 Å². The van der Waals surface area contributed by atoms with Crippen molar-refractivity contribution in [3.63, 3.8) is 0 Å². The van der Waals surface area contributed by atoms with Gasteiger partial charge in [0, 0.05) is 7.05 Å². The molecule has 5 heteroatoms. The summed E-state index contributed by atoms with van der Waals surface area (Å²) >= 11 is 0. The van der Waals surface area contributed by atoms with Gasteiger partial charge in [0.2, 0.25) is 0 Å². The Morgan fingerprint density at radius 3 is 2.84 bits per heavy atom. The summed E-state index contributed by atoms with van der Waals surface area (Å²) in [5.74, 6) is 0.816. The molecule has 0 aliphatic rings. The molecule has 0 saturated heterocycles. The monoisotopic (exact) mass is 254 g/mol. The standard InChI is InChI=1S/C14H14N4O/c1-9-7-10(8-16-13(9)15-2)18-12-6-4-3-5-11(12)17-14(18)19/h3-8H,1-2H3,(H,15,16)(H,17,19). The zero-order chi connectivity index (χ0) is 13.4. The number of para-hydroxylation sites is 2. The van der Waals surface area contributed by atoms with E-state index >= 15 is 0 Å². The van der Waals surface area contributed by atoms with Crippen molar-refractivity contribution in [1.29, 1.82) is 0 Å². The van der Waals surface area contributed by atoms with Gasteiger partial charge >= 0.3 is 5.69 Å². The molecule has 0 aliphatic heterocycles. The van der Waals surface area contributed by atoms with E-state index in [-0.39, 0.29) is 5.69 Å². The van der Waals surface area contributed by atoms with Gasteiger partial charge in [-0.05, 0) is 30.7 Å². The average molecular weight is 254 g/mol. The lowest BCUT2D eigenvalue weighted by Crippen LogP contribution is -2.15. The second kappa shape index (κ2) is 4.28. The van der Waals surface area contributed by atoms with Crippen LogP contribution in [0.25, 0.3) is 16.7 Å². The quantitative estimate of drug-likeness (QED) is 0.736. The van der Waals surface area contributed by atoms with Crippen LogP contribution in [0.4, 0.5) is 5.82 Å². The molecule has 2 N–H and O–H groups in total. The molecular weight excluding hydrogens is 240 g/mol. The van der Waals surface area contributed by atoms with Crippen LogP contribution in [-0.2, 0) is 0 Å². The third-order valence-corrected chi connectivity index (χ3v) is 3.15. The van der Waals surface area contributed by atoms with E-state index in [2.05, 4.69) is 15.3 Å². The van der Waals surface area contributed by atoms with Crippen molar-refractivity contribution in [2.75, 3.05) is 12.4 Å². The smallest absolute Gasteiger partial charge is 0.331 e. The summed E-state index contributed by atoms with van der Waals surface area (Å²) in [6, 6.07) is 9.55. The minimum atomic E-state index is -0.153. The maximum atomic E-state index is 12.1. The zero-order valence-corrected chi connectivity index (χ0v) is 10.8. The number of imidazole rings is 1. The van der Waals surface area contributed by atoms with E-state index < -0.39 is 0 Å². The van der Waals surface area contributed by atoms with Gasteiger partial charge in [-0.25, -0.2) is 9.78 Å². The van der Waals surface area contributed by atoms with E-state index in [1.807, 2.05) is 44.3 Å². The molecule has 0 atom stereocenters. The minimum Gasteiger partial charge on any atom is -0.373 e. The molecule has 0 bridgehead atoms. The molecule has 0 radical (unpaired) electrons. The number of aryl methyl sites for hydroxylation is 1. The molecule has 0 aliphatic carbocycles. The third-order valence-electron chi connectivity index (χ3n) is 3.15. The van der Waals surface area contributed by atoms with Crippen molar-refractivity contribution >= 4 is 16.9 Å². The highest BCUT2D eigenvalue weighted by Gasteiger charge is 2.09. The van der Waals surface area contributed by atoms with Gasteiger partial charge in [-0.2, -0.15) is 0 Å². The first-order chi connectivity index (χ1) is 9.20. The topological polar surface area (TPSA) is 62.7 Å². The number of H-pyrrole nitrogens is 1. The summed E-state index contributed by atoms with van der Waals surface area (Å²) in [5, 5.41) is 3.01. The van der Waals surface area contributed by atoms with Gasteiger partial charge in [0.1, 0.15) is 5.82 Å². The summed E-state index contributed by atoms with van der Waals surface area (Å²) in [4.78, 5) is 19.2. The van der Waals surface area contributed by atoms with Gasteiger partial charge in [0.05, 0.1) is 22.9 Å². The summed E-state index contributed by atoms with van der Waals surface area (Å²) < 4.78 is 1.63. The van der Waals surface area contributed by atoms with E-state index in [0.717, 1.165) is 28.1 Å². The van der Waals surface area contributed by atoms with Crippen LogP contribution in [-0.4, -0.2) is 21.6 Å². The SMILES string of the molecule is CNc1ncc(-n2c(=O)[nH]c3ccccc32)cc1C. The number of nitrogens with zero attached hydrogens (tertiary/aromatic N) is 2. The number of pyridine rings is 1. The highest BCUT2D eigenvalue weighted by Crippen LogP contribution is 2.18. The Hall–Kier alpha value is -2.56. The number of rotatable bonds is 2. The summed E-state index contributed by atoms with van der Waals surface area (Å²) in [6.45, 7) is 1.96. The molecule has 19 heavy (non-hydrogen) atoms. The third kappa shape index (κ3) is 1.79. The number of aromatic nitrogens is 3. The molecule has 0 fully saturated rings. The molecule has 1 aromatic carbocycles. The van der Waals surface area contributed by atoms with E-state index in [1.54, 1.807) is 10.8 Å². The van der Waals surface area contributed by atoms with E-state index in [9.17, 15) is 4.79 Å². The van der Waals surface area contributed by atoms with Crippen molar-refractivity contribution < 1.29 is 0 Å². The Bertz CT molecular complexity index is 801. The predicted molar refractivity (Wildman–Crippen MR) is 76.0 cm³/mol. The Balaban J connectivity index is 2.27. The van der Waals surface area contributed by atoms with Crippen LogP contribution in [0.1, 0.15) is 5.56 Å². The Kier molecular flexibility index (Phi) is 2.59. The number of hydrogen-bond donors (Lipinski definition) is 2. The van der Waals surface area contributed by atoms with Gasteiger partial charge in [-0.1, -0.05) is 12.1 Å². The normalized spacial score (nSPS) is 10.8. The van der Waals surface area contributed by atoms with Crippen LogP contribution >= 0.6 is 0 Å². The fourth-order valence-electron chi connectivity index (χ4n) is 2.26. The molecule has 2 heterocycles. The molecule has 0 saturated carbocycles. The fraction of sp³-hybridized carbons (Fsp3) is 0.143. The summed E-state index contributed by atoms with van der Waals surface area (Å²) in [5.41, 5.74) is 3.28. The first-order valence-electron chi connectivity index (χ1n) is 6.05. The second-order valence-electron chi connectivity index (χ2n) is 4.39. The number of anilines is 1. The summed E-state index contributed by atoms with van der Waals surface area (Å²) in [7, 11) is 1.83. The minimum absolute atomic E-state index is 0.153. The maximum absolute atomic E-state index is 12.1. The molecule has 5 nitrogen and oxygen atoms in total. The van der Waals surface area contributed by atoms with Crippen LogP contribution in [0.5, 0.6) is 0 Å². The first kappa shape index (κ1) is 11.5. The lowest BCUT2D eigenvalue weighted by atomic mass is 10.2. The van der Waals surface area contributed by atoms with Crippen molar-refractivity contribution in [1.82, 2.24) is 14.5 Å². The van der Waals surface area contributed by atoms with E-state index in [0.29, 0.717) is 0 Å². The molecule has 3 aromatic rings. The Morgan fingerprint density at radius 1 is 1.32 bits per heavy atom. The lowest BCUT2D eigenvalue weighted by Gasteiger charge is -2.07. The molecule has 0 spiro atoms. The molecule has 96 valence electrons. The number of hydrogen-bond acceptors (Lipinski definition) is 3. The Morgan fingerprint density at radius 2 is 2.11 bits per heavy atom. The Labute approximate surface area is 109 Å². The number of benzene rings is 1. The maximum Gasteiger partial charge on any atom is 0.331 e. The molecule has 0 amide bonds. The number of aromatic amines is 1. The van der Waals surface area contributed by atoms with Crippen LogP contribution < -0.4 is 11.0 Å². The van der Waals surface area contributed by atoms with Crippen LogP contribution in [0.3, 0.4) is 0 Å². The largest absolute Gasteiger partial charge is 0.373 e. The number of nitrogens with one attached hydrogen (secondary N) is 2. The summed E-state index contributed by atoms with van der Waals surface area (Å²) in [6.07, 6.45) is 1.69.